The minimum absolute atomic E-state index is 0.0130. The van der Waals surface area contributed by atoms with Crippen LogP contribution in [0.1, 0.15) is 31.1 Å². The molecule has 9 unspecified atom stereocenters. The number of aryl methyl sites for hydroxylation is 2. The van der Waals surface area contributed by atoms with Crippen molar-refractivity contribution < 1.29 is 202 Å². The Morgan fingerprint density at radius 2 is 0.734 bits per heavy atom. The Morgan fingerprint density at radius 1 is 0.422 bits per heavy atom. The molecule has 5 aliphatic heterocycles. The second-order valence-electron chi connectivity index (χ2n) is 27.4. The fourth-order valence-electron chi connectivity index (χ4n) is 12.9. The van der Waals surface area contributed by atoms with Crippen LogP contribution in [0.4, 0.5) is 29.7 Å². The van der Waals surface area contributed by atoms with Crippen molar-refractivity contribution in [2.75, 3.05) is 61.7 Å². The third-order valence-electron chi connectivity index (χ3n) is 18.8. The SMILES string of the molecule is Cn1c(N)nc2c(ncn2[C@@H]2O[C@H](CO)[C@H](O)C2O)c1=O.Cn1c(N)nc2c(ncn2[C@@H]2O[C@H](COP(=O)([O-])OP(=O)([O-])OP(=O)([O-])[O-])[C@H](O)C2O)c1=O.Cn1c[n+]([C@@H]2O[C@H](CO)[C@H](O)C2O)c2nc(N)nc([O-])c21.Cn1c[n+]([C@@H]2O[C@H](COP(=O)([O-])OP(=O)([O-])OP(=O)([O-])[O-])[C@H](O)C2O)c2nc(N)nc([O-])c21.Nc1nc2c(ncn2[C@@H]2O[C@H](CO)[C@H](O)C2O)c(=O)[nH]1. The van der Waals surface area contributed by atoms with Crippen LogP contribution in [-0.4, -0.2) is 278 Å². The number of aromatic nitrogens is 20. The van der Waals surface area contributed by atoms with Crippen LogP contribution in [0.5, 0.6) is 11.8 Å². The van der Waals surface area contributed by atoms with Crippen molar-refractivity contribution in [3.63, 3.8) is 0 Å². The van der Waals surface area contributed by atoms with Crippen molar-refractivity contribution in [2.45, 2.75) is 123 Å². The molecule has 10 aromatic rings. The maximum atomic E-state index is 12.2. The van der Waals surface area contributed by atoms with E-state index in [1.54, 1.807) is 7.05 Å². The van der Waals surface area contributed by atoms with Gasteiger partial charge in [0.25, 0.3) is 59.9 Å². The largest absolute Gasteiger partial charge is 0.856 e. The second-order valence-corrected chi connectivity index (χ2v) is 35.9. The number of fused-ring (bicyclic) bond motifs is 5. The smallest absolute Gasteiger partial charge is 0.309 e. The minimum atomic E-state index is -6.17. The monoisotopic (exact) mass is 1940 g/mol. The predicted octanol–water partition coefficient (Wildman–Crippen LogP) is -19.3. The van der Waals surface area contributed by atoms with Gasteiger partial charge in [-0.25, -0.2) is 42.7 Å². The van der Waals surface area contributed by atoms with Crippen molar-refractivity contribution in [2.24, 2.45) is 28.2 Å². The molecular weight excluding hydrogens is 1870 g/mol. The molecule has 0 amide bonds. The molecule has 74 heteroatoms. The summed E-state index contributed by atoms with van der Waals surface area (Å²) in [5.41, 5.74) is 26.5. The maximum absolute atomic E-state index is 12.2. The van der Waals surface area contributed by atoms with E-state index >= 15 is 0 Å². The third kappa shape index (κ3) is 21.2. The number of phosphoric acid groups is 6. The maximum Gasteiger partial charge on any atom is 0.309 e. The zero-order valence-electron chi connectivity index (χ0n) is 64.6. The highest BCUT2D eigenvalue weighted by Crippen LogP contribution is 2.62. The lowest BCUT2D eigenvalue weighted by Gasteiger charge is -2.37. The topological polar surface area (TPSA) is 1070 Å². The number of anilines is 5. The molecule has 0 saturated carbocycles. The lowest BCUT2D eigenvalue weighted by molar-refractivity contribution is -0.746. The fourth-order valence-corrected chi connectivity index (χ4v) is 18.6. The molecule has 0 bridgehead atoms. The molecule has 10 aromatic heterocycles. The highest BCUT2D eigenvalue weighted by molar-refractivity contribution is 7.65. The molecular formula is C54H71N25O43P6-8. The van der Waals surface area contributed by atoms with Crippen molar-refractivity contribution >= 4 is 132 Å². The van der Waals surface area contributed by atoms with E-state index in [0.717, 1.165) is 24.6 Å². The quantitative estimate of drug-likeness (QED) is 0.0221. The van der Waals surface area contributed by atoms with Gasteiger partial charge in [0.2, 0.25) is 30.3 Å². The van der Waals surface area contributed by atoms with Crippen LogP contribution in [0.15, 0.2) is 46.0 Å². The lowest BCUT2D eigenvalue weighted by Crippen LogP contribution is -2.46. The molecule has 5 aliphatic rings. The summed E-state index contributed by atoms with van der Waals surface area (Å²) in [6.07, 6.45) is -20.3. The molecule has 708 valence electrons. The Balaban J connectivity index is 0.000000158. The number of nitrogens with zero attached hydrogens (tertiary/aromatic N) is 19. The van der Waals surface area contributed by atoms with E-state index in [0.29, 0.717) is 0 Å². The number of aromatic amines is 1. The van der Waals surface area contributed by atoms with E-state index < -0.39 is 237 Å². The number of imidazole rings is 5. The number of nitrogens with two attached hydrogens (primary N) is 5. The summed E-state index contributed by atoms with van der Waals surface area (Å²) >= 11 is 0. The summed E-state index contributed by atoms with van der Waals surface area (Å²) in [6.45, 7) is -3.59. The number of rotatable bonds is 22. The zero-order valence-corrected chi connectivity index (χ0v) is 70.0. The molecule has 15 rings (SSSR count). The molecule has 0 spiro atoms. The number of hydrogen-bond acceptors (Lipinski definition) is 58. The van der Waals surface area contributed by atoms with Gasteiger partial charge in [0, 0.05) is 25.9 Å². The number of aliphatic hydroxyl groups excluding tert-OH is 13. The Morgan fingerprint density at radius 3 is 1.09 bits per heavy atom. The first kappa shape index (κ1) is 99.4. The standard InChI is InChI=1S/2C11H18N5O14P3.2C11H15N5O5.C10H13N5O5/c1-15-3-16(8-5(15)9(19)14-11(12)13-8)10-7(18)6(17)4(28-10)2-27-32(23,24)30-33(25,26)29-31(20,21)22;1-15-9(19)5-8(14-11(15)12)16(3-13-5)10-7(18)6(17)4(28-10)2-27-32(23,24)30-33(25,26)29-31(20,21)22;1-15-3-16(8-5(15)9(20)14-11(12)13-8)10-7(19)6(18)4(2-17)21-10;1-15-9(20)5-8(14-11(15)12)16(3-13-5)10-7(19)6(18)4(2-17)21-10;11-10-13-7-4(8(19)14-10)12-2-15(7)9-6(18)5(17)3(1-16)20-9/h3-4,6-7,10,17-18H,2H2,1H3,(H6-,12,13,14,19,20,21,22,23,24,25,26);3-4,6-7,10,17-18H,2H2,1H3,(H2,12,14)(H,23,24)(H,25,26)(H2,20,21,22);3-4,6-7,10,17-19H,2H2,1H3,(H2-,12,13,14,20);3-4,6-7,10,17-19H,2H2,1H3,(H2,12,14);2-3,5-6,9,16-18H,1H2,(H3,11,13,14,19)/p-8/t4*4-,6+,7?,10-;3-,5+,6?,9-/m11111/s1. The fraction of sp³-hybridized carbons (Fsp3) is 0.537. The molecule has 24 N–H and O–H groups in total. The molecule has 24 atom stereocenters. The van der Waals surface area contributed by atoms with E-state index in [1.165, 1.54) is 69.3 Å². The van der Waals surface area contributed by atoms with Crippen LogP contribution in [0.2, 0.25) is 0 Å². The summed E-state index contributed by atoms with van der Waals surface area (Å²) < 4.78 is 125. The first-order chi connectivity index (χ1) is 59.4. The average Bonchev–Trinajstić information content (AvgIpc) is 1.62. The summed E-state index contributed by atoms with van der Waals surface area (Å²) in [5, 5.41) is 151. The summed E-state index contributed by atoms with van der Waals surface area (Å²) in [5.74, 6) is -2.21. The number of hydrogen-bond donors (Lipinski definition) is 19. The van der Waals surface area contributed by atoms with Crippen molar-refractivity contribution in [3.8, 4) is 11.8 Å². The number of ether oxygens (including phenoxy) is 5. The van der Waals surface area contributed by atoms with E-state index in [1.807, 2.05) is 0 Å². The zero-order chi connectivity index (χ0) is 94.9. The number of nitrogen functional groups attached to an aromatic ring is 5. The van der Waals surface area contributed by atoms with E-state index in [-0.39, 0.29) is 79.6 Å². The van der Waals surface area contributed by atoms with Crippen molar-refractivity contribution in [1.29, 1.82) is 0 Å². The summed E-state index contributed by atoms with van der Waals surface area (Å²) in [7, 11) is -30.5. The lowest BCUT2D eigenvalue weighted by atomic mass is 10.1. The van der Waals surface area contributed by atoms with E-state index in [4.69, 9.17) is 67.7 Å². The molecule has 0 aromatic carbocycles. The first-order valence-electron chi connectivity index (χ1n) is 35.3. The van der Waals surface area contributed by atoms with Gasteiger partial charge in [-0.2, -0.15) is 15.0 Å². The van der Waals surface area contributed by atoms with Gasteiger partial charge in [0.05, 0.1) is 81.8 Å². The van der Waals surface area contributed by atoms with Gasteiger partial charge < -0.3 is 186 Å². The van der Waals surface area contributed by atoms with Crippen LogP contribution < -0.4 is 104 Å². The van der Waals surface area contributed by atoms with Gasteiger partial charge in [-0.1, -0.05) is 9.97 Å². The summed E-state index contributed by atoms with van der Waals surface area (Å²) in [6, 6.07) is 0. The first-order valence-corrected chi connectivity index (χ1v) is 44.0. The second kappa shape index (κ2) is 38.0. The van der Waals surface area contributed by atoms with Crippen LogP contribution in [-0.2, 0) is 106 Å². The van der Waals surface area contributed by atoms with Gasteiger partial charge in [-0.15, -0.1) is 0 Å². The normalized spacial score (nSPS) is 28.5. The van der Waals surface area contributed by atoms with Gasteiger partial charge in [-0.3, -0.25) is 78.2 Å². The van der Waals surface area contributed by atoms with Crippen LogP contribution in [0.25, 0.3) is 55.8 Å². The van der Waals surface area contributed by atoms with Crippen molar-refractivity contribution in [3.05, 3.63) is 62.7 Å². The number of H-pyrrole nitrogens is 1. The Hall–Kier alpha value is -9.15. The Labute approximate surface area is 706 Å². The molecule has 5 saturated heterocycles. The number of nitrogens with one attached hydrogen (secondary N) is 1. The van der Waals surface area contributed by atoms with Gasteiger partial charge in [0.15, 0.2) is 75.9 Å². The molecule has 68 nitrogen and oxygen atoms in total. The Kier molecular flexibility index (Phi) is 29.5. The van der Waals surface area contributed by atoms with Crippen LogP contribution in [0.3, 0.4) is 0 Å². The van der Waals surface area contributed by atoms with Gasteiger partial charge >= 0.3 is 11.3 Å². The average molecular weight is 1940 g/mol. The number of phosphoric ester groups is 2. The van der Waals surface area contributed by atoms with Crippen molar-refractivity contribution in [1.82, 2.24) is 86.8 Å². The third-order valence-corrected chi connectivity index (χ3v) is 26.1. The molecule has 0 aliphatic carbocycles. The minimum Gasteiger partial charge on any atom is -0.856 e. The summed E-state index contributed by atoms with van der Waals surface area (Å²) in [4.78, 5) is 164. The number of aliphatic hydroxyl groups is 13. The highest BCUT2D eigenvalue weighted by atomic mass is 31.3. The Bertz CT molecular complexity index is 6280. The molecule has 0 radical (unpaired) electrons. The molecule has 15 heterocycles. The van der Waals surface area contributed by atoms with Gasteiger partial charge in [0.1, 0.15) is 91.6 Å². The van der Waals surface area contributed by atoms with E-state index in [9.17, 15) is 142 Å². The highest BCUT2D eigenvalue weighted by Gasteiger charge is 2.51. The predicted molar refractivity (Wildman–Crippen MR) is 385 cm³/mol. The van der Waals surface area contributed by atoms with Crippen LogP contribution in [0, 0.1) is 0 Å². The van der Waals surface area contributed by atoms with Gasteiger partial charge in [-0.05, 0) is 0 Å². The molecule has 128 heavy (non-hydrogen) atoms. The van der Waals surface area contributed by atoms with Crippen LogP contribution >= 0.6 is 46.9 Å². The van der Waals surface area contributed by atoms with E-state index in [2.05, 4.69) is 81.1 Å². The molecule has 5 fully saturated rings.